The number of amides is 1. The maximum Gasteiger partial charge on any atom is 0.334 e. The van der Waals surface area contributed by atoms with Gasteiger partial charge in [0.1, 0.15) is 5.51 Å². The van der Waals surface area contributed by atoms with Crippen LogP contribution in [0.1, 0.15) is 13.8 Å². The first-order valence-corrected chi connectivity index (χ1v) is 5.97. The van der Waals surface area contributed by atoms with Crippen LogP contribution in [-0.2, 0) is 19.1 Å². The molecule has 0 bridgehead atoms. The van der Waals surface area contributed by atoms with Crippen LogP contribution >= 0.6 is 11.3 Å². The fourth-order valence-electron chi connectivity index (χ4n) is 0.986. The third kappa shape index (κ3) is 4.84. The van der Waals surface area contributed by atoms with E-state index in [0.717, 1.165) is 11.3 Å². The number of carbonyl (C=O) groups excluding carboxylic acids is 2. The summed E-state index contributed by atoms with van der Waals surface area (Å²) in [4.78, 5) is 33.4. The molecule has 9 heteroatoms. The molecule has 0 aliphatic heterocycles. The molecule has 0 saturated heterocycles. The Balaban J connectivity index is 2.54. The largest absolute Gasteiger partial charge is 0.478 e. The Hall–Kier alpha value is -2.29. The molecular formula is C10H11N3O5S. The lowest BCUT2D eigenvalue weighted by molar-refractivity contribution is -0.149. The van der Waals surface area contributed by atoms with Gasteiger partial charge in [-0.05, 0) is 13.8 Å². The van der Waals surface area contributed by atoms with E-state index in [1.165, 1.54) is 19.4 Å². The number of aliphatic carboxylic acids is 1. The van der Waals surface area contributed by atoms with Crippen LogP contribution in [0, 0.1) is 0 Å². The van der Waals surface area contributed by atoms with Gasteiger partial charge in [0.25, 0.3) is 5.91 Å². The Kier molecular flexibility index (Phi) is 5.12. The lowest BCUT2D eigenvalue weighted by Crippen LogP contribution is -2.30. The summed E-state index contributed by atoms with van der Waals surface area (Å²) >= 11 is 1.12. The van der Waals surface area contributed by atoms with Crippen molar-refractivity contribution in [3.8, 4) is 0 Å². The van der Waals surface area contributed by atoms with Crippen LogP contribution in [0.3, 0.4) is 0 Å². The number of carboxylic acids is 1. The van der Waals surface area contributed by atoms with Gasteiger partial charge in [0.05, 0.1) is 0 Å². The van der Waals surface area contributed by atoms with Crippen LogP contribution in [0.5, 0.6) is 0 Å². The number of hydrogen-bond acceptors (Lipinski definition) is 7. The molecule has 0 aliphatic rings. The summed E-state index contributed by atoms with van der Waals surface area (Å²) in [7, 11) is 0. The minimum Gasteiger partial charge on any atom is -0.478 e. The maximum absolute atomic E-state index is 11.6. The Labute approximate surface area is 112 Å². The highest BCUT2D eigenvalue weighted by atomic mass is 32.1. The van der Waals surface area contributed by atoms with Gasteiger partial charge in [-0.3, -0.25) is 10.1 Å². The second-order valence-corrected chi connectivity index (χ2v) is 4.28. The molecule has 1 atom stereocenters. The molecule has 1 aromatic rings. The number of anilines is 1. The van der Waals surface area contributed by atoms with Crippen molar-refractivity contribution in [3.63, 3.8) is 0 Å². The molecule has 1 aromatic heterocycles. The smallest absolute Gasteiger partial charge is 0.334 e. The first-order valence-electron chi connectivity index (χ1n) is 5.09. The fourth-order valence-corrected chi connectivity index (χ4v) is 1.43. The molecule has 1 unspecified atom stereocenters. The van der Waals surface area contributed by atoms with Gasteiger partial charge in [-0.1, -0.05) is 11.3 Å². The van der Waals surface area contributed by atoms with Crippen molar-refractivity contribution in [2.24, 2.45) is 0 Å². The fraction of sp³-hybridized carbons (Fsp3) is 0.300. The summed E-state index contributed by atoms with van der Waals surface area (Å²) in [5.74, 6) is -2.71. The van der Waals surface area contributed by atoms with Crippen LogP contribution in [0.15, 0.2) is 17.2 Å². The Morgan fingerprint density at radius 3 is 2.74 bits per heavy atom. The molecule has 1 amide bonds. The first-order chi connectivity index (χ1) is 8.90. The van der Waals surface area contributed by atoms with Crippen molar-refractivity contribution in [1.82, 2.24) is 10.2 Å². The van der Waals surface area contributed by atoms with Gasteiger partial charge in [0.2, 0.25) is 5.13 Å². The number of rotatable bonds is 5. The number of carbonyl (C=O) groups is 3. The van der Waals surface area contributed by atoms with Crippen LogP contribution < -0.4 is 5.32 Å². The molecule has 0 saturated carbocycles. The summed E-state index contributed by atoms with van der Waals surface area (Å²) in [6.45, 7) is 2.65. The molecule has 0 radical (unpaired) electrons. The van der Waals surface area contributed by atoms with Crippen molar-refractivity contribution in [1.29, 1.82) is 0 Å². The number of nitrogens with one attached hydrogen (secondary N) is 1. The van der Waals surface area contributed by atoms with E-state index >= 15 is 0 Å². The monoisotopic (exact) mass is 285 g/mol. The van der Waals surface area contributed by atoms with E-state index in [4.69, 9.17) is 9.84 Å². The second kappa shape index (κ2) is 6.59. The summed E-state index contributed by atoms with van der Waals surface area (Å²) in [5.41, 5.74) is 1.33. The van der Waals surface area contributed by atoms with Crippen LogP contribution in [-0.4, -0.2) is 39.3 Å². The number of ether oxygens (including phenoxy) is 1. The van der Waals surface area contributed by atoms with Gasteiger partial charge < -0.3 is 9.84 Å². The third-order valence-electron chi connectivity index (χ3n) is 1.91. The summed E-state index contributed by atoms with van der Waals surface area (Å²) in [5, 5.41) is 18.3. The molecule has 8 nitrogen and oxygen atoms in total. The normalized spacial score (nSPS) is 12.6. The highest BCUT2D eigenvalue weighted by Gasteiger charge is 2.20. The van der Waals surface area contributed by atoms with Crippen LogP contribution in [0.2, 0.25) is 0 Å². The number of aromatic nitrogens is 2. The van der Waals surface area contributed by atoms with Gasteiger partial charge in [0, 0.05) is 11.6 Å². The van der Waals surface area contributed by atoms with Gasteiger partial charge in [0.15, 0.2) is 6.10 Å². The Morgan fingerprint density at radius 2 is 2.21 bits per heavy atom. The van der Waals surface area contributed by atoms with Crippen LogP contribution in [0.4, 0.5) is 5.13 Å². The van der Waals surface area contributed by atoms with Crippen molar-refractivity contribution < 1.29 is 24.2 Å². The zero-order valence-electron chi connectivity index (χ0n) is 10.1. The number of carboxylic acid groups (broad SMARTS) is 1. The summed E-state index contributed by atoms with van der Waals surface area (Å²) in [6, 6.07) is 0. The summed E-state index contributed by atoms with van der Waals surface area (Å²) < 4.78 is 4.80. The molecule has 0 aromatic carbocycles. The zero-order valence-corrected chi connectivity index (χ0v) is 10.9. The molecule has 0 aliphatic carbocycles. The topological polar surface area (TPSA) is 118 Å². The third-order valence-corrected chi connectivity index (χ3v) is 2.51. The first kappa shape index (κ1) is 14.8. The predicted octanol–water partition coefficient (Wildman–Crippen LogP) is 0.439. The minimum atomic E-state index is -1.26. The molecule has 1 heterocycles. The number of nitrogens with zero attached hydrogens (tertiary/aromatic N) is 2. The van der Waals surface area contributed by atoms with E-state index in [2.05, 4.69) is 15.5 Å². The van der Waals surface area contributed by atoms with Gasteiger partial charge in [-0.15, -0.1) is 10.2 Å². The minimum absolute atomic E-state index is 0.108. The molecular weight excluding hydrogens is 274 g/mol. The zero-order chi connectivity index (χ0) is 14.4. The van der Waals surface area contributed by atoms with Crippen molar-refractivity contribution in [2.45, 2.75) is 20.0 Å². The highest BCUT2D eigenvalue weighted by molar-refractivity contribution is 7.13. The van der Waals surface area contributed by atoms with Gasteiger partial charge in [-0.25, -0.2) is 9.59 Å². The summed E-state index contributed by atoms with van der Waals surface area (Å²) in [6.07, 6.45) is -0.369. The average Bonchev–Trinajstić information content (AvgIpc) is 2.80. The van der Waals surface area contributed by atoms with E-state index in [1.54, 1.807) is 0 Å². The number of esters is 1. The molecule has 102 valence electrons. The average molecular weight is 285 g/mol. The van der Waals surface area contributed by atoms with Gasteiger partial charge >= 0.3 is 11.9 Å². The van der Waals surface area contributed by atoms with E-state index in [9.17, 15) is 14.4 Å². The van der Waals surface area contributed by atoms with E-state index in [0.29, 0.717) is 6.08 Å². The van der Waals surface area contributed by atoms with Gasteiger partial charge in [-0.2, -0.15) is 0 Å². The lowest BCUT2D eigenvalue weighted by Gasteiger charge is -2.11. The quantitative estimate of drug-likeness (QED) is 0.595. The maximum atomic E-state index is 11.6. The molecule has 0 fully saturated rings. The van der Waals surface area contributed by atoms with Crippen molar-refractivity contribution >= 4 is 34.3 Å². The standard InChI is InChI=1S/C10H11N3O5S/c1-5(3-7(14)15)9(17)18-6(2)8(16)12-10-13-11-4-19-10/h3-4,6H,1-2H3,(H,14,15)(H,12,13,16)/b5-3+. The van der Waals surface area contributed by atoms with Crippen molar-refractivity contribution in [2.75, 3.05) is 5.32 Å². The molecule has 1 rings (SSSR count). The second-order valence-electron chi connectivity index (χ2n) is 3.45. The van der Waals surface area contributed by atoms with Crippen molar-refractivity contribution in [3.05, 3.63) is 17.2 Å². The molecule has 2 N–H and O–H groups in total. The Morgan fingerprint density at radius 1 is 1.53 bits per heavy atom. The molecule has 19 heavy (non-hydrogen) atoms. The van der Waals surface area contributed by atoms with E-state index in [1.807, 2.05) is 0 Å². The molecule has 0 spiro atoms. The van der Waals surface area contributed by atoms with Crippen LogP contribution in [0.25, 0.3) is 0 Å². The van der Waals surface area contributed by atoms with E-state index in [-0.39, 0.29) is 10.7 Å². The number of hydrogen-bond donors (Lipinski definition) is 2. The van der Waals surface area contributed by atoms with E-state index < -0.39 is 23.9 Å². The lowest BCUT2D eigenvalue weighted by atomic mass is 10.3. The SMILES string of the molecule is C/C(=C\C(=O)O)C(=O)OC(C)C(=O)Nc1nncs1. The Bertz CT molecular complexity index is 511. The predicted molar refractivity (Wildman–Crippen MR) is 65.5 cm³/mol. The highest BCUT2D eigenvalue weighted by Crippen LogP contribution is 2.09.